The molecule has 2 aromatic rings. The number of hydrogen-bond acceptors (Lipinski definition) is 3. The Morgan fingerprint density at radius 3 is 2.88 bits per heavy atom. The molecule has 0 radical (unpaired) electrons. The van der Waals surface area contributed by atoms with Gasteiger partial charge in [0.05, 0.1) is 0 Å². The highest BCUT2D eigenvalue weighted by Gasteiger charge is 1.96. The first-order valence-corrected chi connectivity index (χ1v) is 5.15. The maximum atomic E-state index is 11.4. The van der Waals surface area contributed by atoms with Gasteiger partial charge < -0.3 is 9.88 Å². The van der Waals surface area contributed by atoms with E-state index in [0.717, 1.165) is 5.82 Å². The van der Waals surface area contributed by atoms with Crippen LogP contribution in [0.3, 0.4) is 0 Å². The summed E-state index contributed by atoms with van der Waals surface area (Å²) in [6.07, 6.45) is 3.65. The Balaban J connectivity index is 1.89. The fraction of sp³-hybridized carbons (Fsp3) is 0.273. The normalized spacial score (nSPS) is 10.3. The fourth-order valence-electron chi connectivity index (χ4n) is 1.46. The topological polar surface area (TPSA) is 51.9 Å². The molecule has 2 aromatic heterocycles. The van der Waals surface area contributed by atoms with Crippen LogP contribution in [0.25, 0.3) is 0 Å². The second-order valence-electron chi connectivity index (χ2n) is 3.53. The Hall–Kier alpha value is -2.04. The van der Waals surface area contributed by atoms with Crippen LogP contribution in [0.5, 0.6) is 0 Å². The van der Waals surface area contributed by atoms with Crippen LogP contribution in [-0.4, -0.2) is 20.9 Å². The lowest BCUT2D eigenvalue weighted by atomic mass is 10.4. The van der Waals surface area contributed by atoms with E-state index >= 15 is 0 Å². The van der Waals surface area contributed by atoms with Crippen molar-refractivity contribution in [2.45, 2.75) is 6.54 Å². The first-order chi connectivity index (χ1) is 7.75. The standard InChI is InChI=1S/C11H14N4O/c1-14-8-5-10(13-14)12-6-9-15-7-3-2-4-11(15)16/h2-5,7-8H,6,9H2,1H3,(H,12,13). The Labute approximate surface area is 93.3 Å². The minimum atomic E-state index is 0.0188. The van der Waals surface area contributed by atoms with Crippen LogP contribution in [0.15, 0.2) is 41.5 Å². The number of aromatic nitrogens is 3. The number of anilines is 1. The Morgan fingerprint density at radius 2 is 2.19 bits per heavy atom. The molecular formula is C11H14N4O. The van der Waals surface area contributed by atoms with Crippen molar-refractivity contribution in [2.24, 2.45) is 7.05 Å². The highest BCUT2D eigenvalue weighted by Crippen LogP contribution is 1.99. The lowest BCUT2D eigenvalue weighted by molar-refractivity contribution is 0.693. The summed E-state index contributed by atoms with van der Waals surface area (Å²) < 4.78 is 3.40. The number of rotatable bonds is 4. The van der Waals surface area contributed by atoms with E-state index < -0.39 is 0 Å². The predicted octanol–water partition coefficient (Wildman–Crippen LogP) is 0.694. The molecule has 0 saturated heterocycles. The second kappa shape index (κ2) is 4.65. The van der Waals surface area contributed by atoms with Crippen molar-refractivity contribution < 1.29 is 0 Å². The third-order valence-corrected chi connectivity index (χ3v) is 2.27. The predicted molar refractivity (Wildman–Crippen MR) is 62.4 cm³/mol. The van der Waals surface area contributed by atoms with Gasteiger partial charge in [0.15, 0.2) is 0 Å². The minimum Gasteiger partial charge on any atom is -0.367 e. The summed E-state index contributed by atoms with van der Waals surface area (Å²) >= 11 is 0. The molecule has 0 saturated carbocycles. The van der Waals surface area contributed by atoms with Gasteiger partial charge in [-0.25, -0.2) is 0 Å². The molecule has 0 unspecified atom stereocenters. The lowest BCUT2D eigenvalue weighted by Gasteiger charge is -2.05. The summed E-state index contributed by atoms with van der Waals surface area (Å²) in [5.41, 5.74) is 0.0188. The van der Waals surface area contributed by atoms with Gasteiger partial charge in [-0.15, -0.1) is 0 Å². The van der Waals surface area contributed by atoms with Crippen molar-refractivity contribution in [2.75, 3.05) is 11.9 Å². The third-order valence-electron chi connectivity index (χ3n) is 2.27. The number of nitrogens with one attached hydrogen (secondary N) is 1. The summed E-state index contributed by atoms with van der Waals surface area (Å²) in [6, 6.07) is 7.04. The van der Waals surface area contributed by atoms with Crippen LogP contribution in [0.4, 0.5) is 5.82 Å². The zero-order chi connectivity index (χ0) is 11.4. The minimum absolute atomic E-state index is 0.0188. The number of aryl methyl sites for hydroxylation is 1. The van der Waals surface area contributed by atoms with Crippen molar-refractivity contribution in [1.82, 2.24) is 14.3 Å². The van der Waals surface area contributed by atoms with Crippen LogP contribution >= 0.6 is 0 Å². The van der Waals surface area contributed by atoms with Crippen molar-refractivity contribution in [3.63, 3.8) is 0 Å². The average Bonchev–Trinajstić information content (AvgIpc) is 2.67. The summed E-state index contributed by atoms with van der Waals surface area (Å²) in [4.78, 5) is 11.4. The third kappa shape index (κ3) is 2.50. The van der Waals surface area contributed by atoms with E-state index in [1.807, 2.05) is 25.4 Å². The summed E-state index contributed by atoms with van der Waals surface area (Å²) in [5.74, 6) is 0.825. The van der Waals surface area contributed by atoms with Gasteiger partial charge in [-0.05, 0) is 6.07 Å². The molecule has 0 aromatic carbocycles. The second-order valence-corrected chi connectivity index (χ2v) is 3.53. The summed E-state index contributed by atoms with van der Waals surface area (Å²) in [6.45, 7) is 1.32. The fourth-order valence-corrected chi connectivity index (χ4v) is 1.46. The highest BCUT2D eigenvalue weighted by molar-refractivity contribution is 5.31. The molecule has 0 atom stereocenters. The van der Waals surface area contributed by atoms with E-state index in [9.17, 15) is 4.79 Å². The van der Waals surface area contributed by atoms with Crippen molar-refractivity contribution >= 4 is 5.82 Å². The molecule has 0 fully saturated rings. The van der Waals surface area contributed by atoms with Gasteiger partial charge >= 0.3 is 0 Å². The monoisotopic (exact) mass is 218 g/mol. The van der Waals surface area contributed by atoms with Gasteiger partial charge in [0.1, 0.15) is 5.82 Å². The number of nitrogens with zero attached hydrogens (tertiary/aromatic N) is 3. The maximum absolute atomic E-state index is 11.4. The van der Waals surface area contributed by atoms with Crippen LogP contribution < -0.4 is 10.9 Å². The van der Waals surface area contributed by atoms with Gasteiger partial charge in [-0.2, -0.15) is 5.10 Å². The first-order valence-electron chi connectivity index (χ1n) is 5.15. The van der Waals surface area contributed by atoms with E-state index in [0.29, 0.717) is 13.1 Å². The van der Waals surface area contributed by atoms with Gasteiger partial charge in [-0.1, -0.05) is 6.07 Å². The average molecular weight is 218 g/mol. The largest absolute Gasteiger partial charge is 0.367 e. The zero-order valence-corrected chi connectivity index (χ0v) is 9.13. The molecule has 2 rings (SSSR count). The Bertz CT molecular complexity index is 514. The van der Waals surface area contributed by atoms with Crippen LogP contribution in [-0.2, 0) is 13.6 Å². The van der Waals surface area contributed by atoms with Crippen LogP contribution in [0.2, 0.25) is 0 Å². The number of hydrogen-bond donors (Lipinski definition) is 1. The molecule has 0 bridgehead atoms. The molecule has 0 aliphatic heterocycles. The molecule has 0 aliphatic rings. The first kappa shape index (κ1) is 10.5. The molecule has 16 heavy (non-hydrogen) atoms. The highest BCUT2D eigenvalue weighted by atomic mass is 16.1. The summed E-state index contributed by atoms with van der Waals surface area (Å²) in [7, 11) is 1.87. The Kier molecular flexibility index (Phi) is 3.05. The Morgan fingerprint density at radius 1 is 1.31 bits per heavy atom. The molecule has 0 aliphatic carbocycles. The van der Waals surface area contributed by atoms with Gasteiger partial charge in [0.2, 0.25) is 0 Å². The molecular weight excluding hydrogens is 204 g/mol. The zero-order valence-electron chi connectivity index (χ0n) is 9.13. The molecule has 0 amide bonds. The number of pyridine rings is 1. The molecule has 1 N–H and O–H groups in total. The smallest absolute Gasteiger partial charge is 0.250 e. The quantitative estimate of drug-likeness (QED) is 0.821. The van der Waals surface area contributed by atoms with E-state index in [1.165, 1.54) is 0 Å². The van der Waals surface area contributed by atoms with Crippen molar-refractivity contribution in [1.29, 1.82) is 0 Å². The molecule has 2 heterocycles. The molecule has 84 valence electrons. The SMILES string of the molecule is Cn1ccc(NCCn2ccccc2=O)n1. The van der Waals surface area contributed by atoms with Crippen molar-refractivity contribution in [3.05, 3.63) is 47.0 Å². The molecule has 0 spiro atoms. The molecule has 5 nitrogen and oxygen atoms in total. The van der Waals surface area contributed by atoms with E-state index in [1.54, 1.807) is 27.6 Å². The summed E-state index contributed by atoms with van der Waals surface area (Å²) in [5, 5.41) is 7.33. The van der Waals surface area contributed by atoms with Gasteiger partial charge in [0.25, 0.3) is 5.56 Å². The van der Waals surface area contributed by atoms with Crippen LogP contribution in [0, 0.1) is 0 Å². The van der Waals surface area contributed by atoms with E-state index in [4.69, 9.17) is 0 Å². The van der Waals surface area contributed by atoms with Crippen molar-refractivity contribution in [3.8, 4) is 0 Å². The molecule has 5 heteroatoms. The van der Waals surface area contributed by atoms with E-state index in [-0.39, 0.29) is 5.56 Å². The lowest BCUT2D eigenvalue weighted by Crippen LogP contribution is -2.22. The van der Waals surface area contributed by atoms with Gasteiger partial charge in [-0.3, -0.25) is 9.48 Å². The van der Waals surface area contributed by atoms with Crippen LogP contribution in [0.1, 0.15) is 0 Å². The van der Waals surface area contributed by atoms with Gasteiger partial charge in [0, 0.05) is 44.7 Å². The van der Waals surface area contributed by atoms with E-state index in [2.05, 4.69) is 10.4 Å². The maximum Gasteiger partial charge on any atom is 0.250 e.